The molecule has 158 valence electrons. The summed E-state index contributed by atoms with van der Waals surface area (Å²) in [5, 5.41) is 0. The average Bonchev–Trinajstić information content (AvgIpc) is 3.07. The summed E-state index contributed by atoms with van der Waals surface area (Å²) < 4.78 is 1.50. The number of fused-ring (bicyclic) bond motifs is 2. The van der Waals surface area contributed by atoms with Gasteiger partial charge in [-0.1, -0.05) is 0 Å². The number of halogens is 2. The van der Waals surface area contributed by atoms with Crippen LogP contribution in [0.1, 0.15) is 65.6 Å². The molecule has 0 saturated carbocycles. The van der Waals surface area contributed by atoms with E-state index >= 15 is 0 Å². The molecule has 0 heterocycles. The molecule has 0 aromatic heterocycles. The van der Waals surface area contributed by atoms with E-state index in [-0.39, 0.29) is 30.2 Å². The monoisotopic (exact) mass is 532 g/mol. The summed E-state index contributed by atoms with van der Waals surface area (Å²) >= 11 is -1.86. The van der Waals surface area contributed by atoms with Gasteiger partial charge in [0, 0.05) is 0 Å². The van der Waals surface area contributed by atoms with Gasteiger partial charge in [0.15, 0.2) is 0 Å². The minimum atomic E-state index is -1.86. The van der Waals surface area contributed by atoms with E-state index in [4.69, 9.17) is 0 Å². The third-order valence-corrected chi connectivity index (χ3v) is 26.8. The largest absolute Gasteiger partial charge is 1.00 e. The fourth-order valence-corrected chi connectivity index (χ4v) is 25.9. The predicted molar refractivity (Wildman–Crippen MR) is 122 cm³/mol. The molecule has 0 radical (unpaired) electrons. The Labute approximate surface area is 203 Å². The Bertz CT molecular complexity index is 1020. The van der Waals surface area contributed by atoms with Crippen LogP contribution >= 0.6 is 0 Å². The maximum absolute atomic E-state index is 2.61. The molecule has 0 aliphatic heterocycles. The van der Waals surface area contributed by atoms with E-state index in [0.29, 0.717) is 0 Å². The minimum absolute atomic E-state index is 0. The Balaban J connectivity index is 0.00000160. The number of rotatable bonds is 2. The molecule has 2 aliphatic rings. The van der Waals surface area contributed by atoms with Crippen molar-refractivity contribution in [1.82, 2.24) is 0 Å². The first-order chi connectivity index (χ1) is 13.2. The second kappa shape index (κ2) is 9.62. The van der Waals surface area contributed by atoms with Crippen LogP contribution in [0.25, 0.3) is 12.2 Å². The van der Waals surface area contributed by atoms with Gasteiger partial charge in [-0.25, -0.2) is 0 Å². The fraction of sp³-hybridized carbons (Fsp3) is 0.385. The van der Waals surface area contributed by atoms with Crippen LogP contribution in [0.4, 0.5) is 0 Å². The van der Waals surface area contributed by atoms with Crippen LogP contribution in [0.15, 0.2) is 35.4 Å². The maximum Gasteiger partial charge on any atom is -1.00 e. The van der Waals surface area contributed by atoms with Crippen LogP contribution in [0, 0.1) is 27.7 Å². The zero-order valence-electron chi connectivity index (χ0n) is 19.4. The predicted octanol–water partition coefficient (Wildman–Crippen LogP) is 1.41. The molecule has 4 heteroatoms. The van der Waals surface area contributed by atoms with Crippen molar-refractivity contribution >= 4 is 17.6 Å². The summed E-state index contributed by atoms with van der Waals surface area (Å²) in [5.41, 5.74) is 15.1. The summed E-state index contributed by atoms with van der Waals surface area (Å²) in [6.45, 7) is 19.1. The number of hydrogen-bond donors (Lipinski definition) is 0. The first kappa shape index (κ1) is 25.9. The average molecular weight is 535 g/mol. The zero-order valence-corrected chi connectivity index (χ0v) is 24.3. The van der Waals surface area contributed by atoms with Gasteiger partial charge in [0.2, 0.25) is 0 Å². The van der Waals surface area contributed by atoms with Crippen molar-refractivity contribution < 1.29 is 45.2 Å². The molecule has 0 nitrogen and oxygen atoms in total. The van der Waals surface area contributed by atoms with Crippen LogP contribution in [0.3, 0.4) is 0 Å². The van der Waals surface area contributed by atoms with Crippen molar-refractivity contribution in [3.8, 4) is 0 Å². The second-order valence-corrected chi connectivity index (χ2v) is 27.1. The molecule has 2 aliphatic carbocycles. The molecule has 0 saturated heterocycles. The maximum atomic E-state index is 2.61. The van der Waals surface area contributed by atoms with Crippen LogP contribution in [-0.4, -0.2) is 5.43 Å². The van der Waals surface area contributed by atoms with E-state index in [1.807, 2.05) is 0 Å². The Morgan fingerprint density at radius 2 is 0.933 bits per heavy atom. The van der Waals surface area contributed by atoms with Gasteiger partial charge < -0.3 is 24.8 Å². The van der Waals surface area contributed by atoms with E-state index in [2.05, 4.69) is 91.1 Å². The molecule has 0 fully saturated rings. The van der Waals surface area contributed by atoms with E-state index in [1.165, 1.54) is 33.4 Å². The summed E-state index contributed by atoms with van der Waals surface area (Å²) in [6.07, 6.45) is 5.01. The fourth-order valence-electron chi connectivity index (χ4n) is 5.19. The zero-order chi connectivity index (χ0) is 20.3. The second-order valence-electron chi connectivity index (χ2n) is 9.23. The van der Waals surface area contributed by atoms with Gasteiger partial charge in [-0.2, -0.15) is 0 Å². The van der Waals surface area contributed by atoms with Crippen LogP contribution in [0.2, 0.25) is 13.1 Å². The number of hydrogen-bond acceptors (Lipinski definition) is 0. The molecule has 2 unspecified atom stereocenters. The molecule has 0 bridgehead atoms. The van der Waals surface area contributed by atoms with Gasteiger partial charge in [-0.15, -0.1) is 0 Å². The van der Waals surface area contributed by atoms with Crippen LogP contribution in [-0.2, 0) is 20.4 Å². The van der Waals surface area contributed by atoms with Gasteiger partial charge in [0.05, 0.1) is 0 Å². The van der Waals surface area contributed by atoms with Gasteiger partial charge >= 0.3 is 180 Å². The first-order valence-electron chi connectivity index (χ1n) is 10.4. The number of allylic oxidation sites excluding steroid dienone is 2. The van der Waals surface area contributed by atoms with Crippen LogP contribution < -0.4 is 24.8 Å². The summed E-state index contributed by atoms with van der Waals surface area (Å²) in [5.74, 6) is 0. The Morgan fingerprint density at radius 1 is 0.600 bits per heavy atom. The molecular formula is C26H32Cl2SiZr. The van der Waals surface area contributed by atoms with Gasteiger partial charge in [-0.3, -0.25) is 0 Å². The smallest absolute Gasteiger partial charge is 1.00 e. The normalized spacial score (nSPS) is 18.2. The number of aryl methyl sites for hydroxylation is 4. The Kier molecular flexibility index (Phi) is 8.29. The Hall–Kier alpha value is -0.400. The van der Waals surface area contributed by atoms with Crippen molar-refractivity contribution in [3.05, 3.63) is 79.9 Å². The van der Waals surface area contributed by atoms with Gasteiger partial charge in [0.1, 0.15) is 0 Å². The standard InChI is InChI=1S/2C12H13.C2H6Si.2ClH.Zr/c2*1-8-4-11-6-9(2)10(3)7-12(11)5-8;1-3-2;;;/h2*4-7H,1-3H3;1-2H3;2*1H;/q;;;;;+2/p-2. The van der Waals surface area contributed by atoms with E-state index in [0.717, 1.165) is 7.25 Å². The van der Waals surface area contributed by atoms with Crippen molar-refractivity contribution in [2.75, 3.05) is 0 Å². The Morgan fingerprint density at radius 3 is 1.27 bits per heavy atom. The molecule has 2 aromatic rings. The number of benzene rings is 2. The summed E-state index contributed by atoms with van der Waals surface area (Å²) in [7, 11) is 0. The molecular weight excluding hydrogens is 503 g/mol. The molecule has 0 spiro atoms. The first-order valence-corrected chi connectivity index (χ1v) is 19.5. The minimum Gasteiger partial charge on any atom is -1.00 e. The van der Waals surface area contributed by atoms with Gasteiger partial charge in [-0.05, 0) is 0 Å². The third-order valence-electron chi connectivity index (χ3n) is 6.90. The van der Waals surface area contributed by atoms with Gasteiger partial charge in [0.25, 0.3) is 0 Å². The molecule has 30 heavy (non-hydrogen) atoms. The molecule has 2 atom stereocenters. The molecule has 0 amide bonds. The molecule has 4 rings (SSSR count). The van der Waals surface area contributed by atoms with E-state index in [9.17, 15) is 0 Å². The van der Waals surface area contributed by atoms with Crippen LogP contribution in [0.5, 0.6) is 0 Å². The summed E-state index contributed by atoms with van der Waals surface area (Å²) in [6, 6.07) is 9.93. The van der Waals surface area contributed by atoms with E-state index < -0.39 is 20.4 Å². The van der Waals surface area contributed by atoms with Crippen molar-refractivity contribution in [1.29, 1.82) is 0 Å². The van der Waals surface area contributed by atoms with Crippen molar-refractivity contribution in [2.45, 2.75) is 61.9 Å². The molecule has 0 N–H and O–H groups in total. The van der Waals surface area contributed by atoms with E-state index in [1.54, 1.807) is 22.3 Å². The molecule has 2 aromatic carbocycles. The quantitative estimate of drug-likeness (QED) is 0.512. The summed E-state index contributed by atoms with van der Waals surface area (Å²) in [4.78, 5) is 0. The SMILES string of the molecule is CC1=Cc2cc(C)c(C)cc2[CH]1[Zr+2]([CH]1C(C)=Cc2cc(C)c(C)cc21)=[Si](C)C.[Cl-].[Cl-]. The van der Waals surface area contributed by atoms with Crippen molar-refractivity contribution in [3.63, 3.8) is 0 Å². The topological polar surface area (TPSA) is 0 Å². The third kappa shape index (κ3) is 4.27. The van der Waals surface area contributed by atoms with Crippen molar-refractivity contribution in [2.24, 2.45) is 0 Å².